The molecule has 0 radical (unpaired) electrons. The third-order valence-corrected chi connectivity index (χ3v) is 4.70. The zero-order chi connectivity index (χ0) is 16.5. The molecule has 4 rings (SSSR count). The second kappa shape index (κ2) is 6.04. The Morgan fingerprint density at radius 3 is 2.88 bits per heavy atom. The predicted molar refractivity (Wildman–Crippen MR) is 89.9 cm³/mol. The second-order valence-corrected chi connectivity index (χ2v) is 6.24. The fourth-order valence-corrected chi connectivity index (χ4v) is 3.35. The molecule has 0 amide bonds. The molecule has 4 aromatic rings. The number of thioether (sulfide) groups is 1. The SMILES string of the molecule is Cn1c(SCCn2c(=O)oc3ccccc32)nnc1-c1ccco1. The average Bonchev–Trinajstić information content (AvgIpc) is 3.28. The van der Waals surface area contributed by atoms with Crippen LogP contribution in [-0.2, 0) is 13.6 Å². The van der Waals surface area contributed by atoms with E-state index in [-0.39, 0.29) is 5.76 Å². The summed E-state index contributed by atoms with van der Waals surface area (Å²) in [5.41, 5.74) is 1.41. The maximum atomic E-state index is 11.9. The molecule has 0 atom stereocenters. The van der Waals surface area contributed by atoms with Gasteiger partial charge in [0.05, 0.1) is 11.8 Å². The highest BCUT2D eigenvalue weighted by atomic mass is 32.2. The lowest BCUT2D eigenvalue weighted by Gasteiger charge is -2.03. The smallest absolute Gasteiger partial charge is 0.419 e. The number of para-hydroxylation sites is 2. The number of aromatic nitrogens is 4. The van der Waals surface area contributed by atoms with E-state index in [0.717, 1.165) is 10.7 Å². The lowest BCUT2D eigenvalue weighted by molar-refractivity contribution is 0.514. The first-order valence-corrected chi connectivity index (χ1v) is 8.37. The van der Waals surface area contributed by atoms with Crippen molar-refractivity contribution >= 4 is 22.9 Å². The number of benzene rings is 1. The van der Waals surface area contributed by atoms with Crippen LogP contribution < -0.4 is 5.76 Å². The Balaban J connectivity index is 1.50. The second-order valence-electron chi connectivity index (χ2n) is 5.18. The number of hydrogen-bond acceptors (Lipinski definition) is 6. The first-order valence-electron chi connectivity index (χ1n) is 7.38. The molecular weight excluding hydrogens is 328 g/mol. The topological polar surface area (TPSA) is 79.0 Å². The van der Waals surface area contributed by atoms with Crippen molar-refractivity contribution in [2.45, 2.75) is 11.7 Å². The molecule has 0 aliphatic heterocycles. The molecule has 0 saturated carbocycles. The van der Waals surface area contributed by atoms with Crippen LogP contribution >= 0.6 is 11.8 Å². The van der Waals surface area contributed by atoms with Crippen molar-refractivity contribution < 1.29 is 8.83 Å². The number of oxazole rings is 1. The van der Waals surface area contributed by atoms with Crippen LogP contribution in [0.15, 0.2) is 61.4 Å². The van der Waals surface area contributed by atoms with Crippen molar-refractivity contribution in [2.75, 3.05) is 5.75 Å². The Morgan fingerprint density at radius 2 is 2.04 bits per heavy atom. The van der Waals surface area contributed by atoms with Gasteiger partial charge in [-0.2, -0.15) is 0 Å². The van der Waals surface area contributed by atoms with Gasteiger partial charge < -0.3 is 13.4 Å². The molecule has 1 aromatic carbocycles. The van der Waals surface area contributed by atoms with Gasteiger partial charge in [0.15, 0.2) is 22.3 Å². The van der Waals surface area contributed by atoms with Gasteiger partial charge in [-0.05, 0) is 24.3 Å². The zero-order valence-electron chi connectivity index (χ0n) is 12.9. The lowest BCUT2D eigenvalue weighted by Crippen LogP contribution is -2.15. The summed E-state index contributed by atoms with van der Waals surface area (Å²) in [4.78, 5) is 11.9. The van der Waals surface area contributed by atoms with Crippen LogP contribution in [0.25, 0.3) is 22.7 Å². The Labute approximate surface area is 140 Å². The fraction of sp³-hybridized carbons (Fsp3) is 0.188. The van der Waals surface area contributed by atoms with Crippen molar-refractivity contribution in [1.82, 2.24) is 19.3 Å². The van der Waals surface area contributed by atoms with E-state index < -0.39 is 0 Å². The standard InChI is InChI=1S/C16H14N4O3S/c1-19-14(13-7-4-9-22-13)17-18-15(19)24-10-8-20-11-5-2-3-6-12(11)23-16(20)21/h2-7,9H,8,10H2,1H3. The minimum Gasteiger partial charge on any atom is -0.461 e. The molecule has 0 aliphatic rings. The summed E-state index contributed by atoms with van der Waals surface area (Å²) in [6, 6.07) is 11.1. The molecule has 0 bridgehead atoms. The minimum absolute atomic E-state index is 0.342. The Kier molecular flexibility index (Phi) is 3.73. The van der Waals surface area contributed by atoms with Crippen LogP contribution in [0.1, 0.15) is 0 Å². The number of hydrogen-bond donors (Lipinski definition) is 0. The highest BCUT2D eigenvalue weighted by Crippen LogP contribution is 2.23. The van der Waals surface area contributed by atoms with Gasteiger partial charge in [-0.1, -0.05) is 23.9 Å². The zero-order valence-corrected chi connectivity index (χ0v) is 13.7. The molecule has 0 N–H and O–H groups in total. The van der Waals surface area contributed by atoms with E-state index in [9.17, 15) is 4.79 Å². The number of aryl methyl sites for hydroxylation is 1. The summed E-state index contributed by atoms with van der Waals surface area (Å²) in [5, 5.41) is 9.10. The monoisotopic (exact) mass is 342 g/mol. The molecule has 0 saturated heterocycles. The number of rotatable bonds is 5. The van der Waals surface area contributed by atoms with Crippen LogP contribution in [-0.4, -0.2) is 25.1 Å². The van der Waals surface area contributed by atoms with Gasteiger partial charge >= 0.3 is 5.76 Å². The summed E-state index contributed by atoms with van der Waals surface area (Å²) in [6.45, 7) is 0.531. The van der Waals surface area contributed by atoms with Gasteiger partial charge in [-0.15, -0.1) is 10.2 Å². The van der Waals surface area contributed by atoms with Crippen LogP contribution in [0.2, 0.25) is 0 Å². The quantitative estimate of drug-likeness (QED) is 0.519. The third kappa shape index (κ3) is 2.54. The van der Waals surface area contributed by atoms with E-state index >= 15 is 0 Å². The van der Waals surface area contributed by atoms with Crippen molar-refractivity contribution in [3.8, 4) is 11.6 Å². The minimum atomic E-state index is -0.342. The summed E-state index contributed by atoms with van der Waals surface area (Å²) in [5.74, 6) is 1.68. The van der Waals surface area contributed by atoms with E-state index in [1.54, 1.807) is 16.9 Å². The molecule has 0 fully saturated rings. The Hall–Kier alpha value is -2.74. The van der Waals surface area contributed by atoms with Crippen LogP contribution in [0.3, 0.4) is 0 Å². The lowest BCUT2D eigenvalue weighted by atomic mass is 10.3. The first-order chi connectivity index (χ1) is 11.7. The molecule has 3 aromatic heterocycles. The molecule has 24 heavy (non-hydrogen) atoms. The molecule has 3 heterocycles. The largest absolute Gasteiger partial charge is 0.461 e. The van der Waals surface area contributed by atoms with E-state index in [1.807, 2.05) is 41.9 Å². The summed E-state index contributed by atoms with van der Waals surface area (Å²) >= 11 is 1.53. The van der Waals surface area contributed by atoms with Gasteiger partial charge in [0.1, 0.15) is 0 Å². The van der Waals surface area contributed by atoms with Crippen LogP contribution in [0, 0.1) is 0 Å². The molecule has 0 spiro atoms. The van der Waals surface area contributed by atoms with Gasteiger partial charge in [0.25, 0.3) is 0 Å². The van der Waals surface area contributed by atoms with Gasteiger partial charge in [-0.3, -0.25) is 4.57 Å². The van der Waals surface area contributed by atoms with E-state index in [4.69, 9.17) is 8.83 Å². The van der Waals surface area contributed by atoms with Gasteiger partial charge in [-0.25, -0.2) is 4.79 Å². The number of nitrogens with zero attached hydrogens (tertiary/aromatic N) is 4. The molecule has 122 valence electrons. The molecule has 0 unspecified atom stereocenters. The highest BCUT2D eigenvalue weighted by Gasteiger charge is 2.14. The van der Waals surface area contributed by atoms with Crippen molar-refractivity contribution in [2.24, 2.45) is 7.05 Å². The summed E-state index contributed by atoms with van der Waals surface area (Å²) < 4.78 is 14.1. The molecule has 8 heteroatoms. The van der Waals surface area contributed by atoms with Crippen molar-refractivity contribution in [1.29, 1.82) is 0 Å². The van der Waals surface area contributed by atoms with E-state index in [0.29, 0.717) is 29.5 Å². The number of furan rings is 1. The summed E-state index contributed by atoms with van der Waals surface area (Å²) in [6.07, 6.45) is 1.60. The average molecular weight is 342 g/mol. The maximum Gasteiger partial charge on any atom is 0.419 e. The van der Waals surface area contributed by atoms with Crippen LogP contribution in [0.4, 0.5) is 0 Å². The molecule has 7 nitrogen and oxygen atoms in total. The molecular formula is C16H14N4O3S. The maximum absolute atomic E-state index is 11.9. The Morgan fingerprint density at radius 1 is 1.17 bits per heavy atom. The van der Waals surface area contributed by atoms with E-state index in [2.05, 4.69) is 10.2 Å². The first kappa shape index (κ1) is 14.8. The normalized spacial score (nSPS) is 11.4. The predicted octanol–water partition coefficient (Wildman–Crippen LogP) is 2.78. The number of fused-ring (bicyclic) bond motifs is 1. The van der Waals surface area contributed by atoms with Crippen molar-refractivity contribution in [3.63, 3.8) is 0 Å². The van der Waals surface area contributed by atoms with Crippen molar-refractivity contribution in [3.05, 3.63) is 53.2 Å². The van der Waals surface area contributed by atoms with Gasteiger partial charge in [0.2, 0.25) is 0 Å². The summed E-state index contributed by atoms with van der Waals surface area (Å²) in [7, 11) is 1.89. The Bertz CT molecular complexity index is 1030. The van der Waals surface area contributed by atoms with E-state index in [1.165, 1.54) is 11.8 Å². The van der Waals surface area contributed by atoms with Crippen LogP contribution in [0.5, 0.6) is 0 Å². The fourth-order valence-electron chi connectivity index (χ4n) is 2.51. The third-order valence-electron chi connectivity index (χ3n) is 3.70. The highest BCUT2D eigenvalue weighted by molar-refractivity contribution is 7.99. The van der Waals surface area contributed by atoms with Gasteiger partial charge in [0, 0.05) is 19.3 Å². The molecule has 0 aliphatic carbocycles.